The molecule has 2 rings (SSSR count). The van der Waals surface area contributed by atoms with Gasteiger partial charge in [0, 0.05) is 16.3 Å². The molecule has 2 N–H and O–H groups in total. The van der Waals surface area contributed by atoms with E-state index in [4.69, 9.17) is 16.3 Å². The molecule has 0 aliphatic carbocycles. The van der Waals surface area contributed by atoms with Gasteiger partial charge in [-0.05, 0) is 42.8 Å². The van der Waals surface area contributed by atoms with Crippen molar-refractivity contribution in [1.29, 1.82) is 0 Å². The number of benzene rings is 2. The van der Waals surface area contributed by atoms with Crippen LogP contribution in [0.4, 0.5) is 10.1 Å². The molecular formula is C17H17ClFNO3. The topological polar surface area (TPSA) is 58.6 Å². The number of carbonyl (C=O) groups is 1. The van der Waals surface area contributed by atoms with E-state index in [0.29, 0.717) is 29.2 Å². The van der Waals surface area contributed by atoms with Gasteiger partial charge < -0.3 is 15.2 Å². The Labute approximate surface area is 138 Å². The van der Waals surface area contributed by atoms with E-state index in [0.717, 1.165) is 0 Å². The first-order valence-corrected chi connectivity index (χ1v) is 7.51. The van der Waals surface area contributed by atoms with Crippen LogP contribution in [-0.4, -0.2) is 17.6 Å². The van der Waals surface area contributed by atoms with Crippen LogP contribution in [0.5, 0.6) is 5.75 Å². The van der Waals surface area contributed by atoms with Gasteiger partial charge in [-0.2, -0.15) is 0 Å². The predicted molar refractivity (Wildman–Crippen MR) is 87.3 cm³/mol. The van der Waals surface area contributed by atoms with Crippen molar-refractivity contribution in [1.82, 2.24) is 0 Å². The number of rotatable bonds is 6. The molecule has 0 spiro atoms. The van der Waals surface area contributed by atoms with Crippen LogP contribution in [0.1, 0.15) is 18.1 Å². The molecule has 4 nitrogen and oxygen atoms in total. The van der Waals surface area contributed by atoms with Gasteiger partial charge in [0.25, 0.3) is 0 Å². The average molecular weight is 338 g/mol. The zero-order chi connectivity index (χ0) is 16.8. The van der Waals surface area contributed by atoms with Crippen molar-refractivity contribution in [3.05, 3.63) is 58.4 Å². The molecule has 0 heterocycles. The van der Waals surface area contributed by atoms with Crippen LogP contribution in [0, 0.1) is 5.82 Å². The van der Waals surface area contributed by atoms with E-state index in [1.165, 1.54) is 18.2 Å². The molecule has 0 fully saturated rings. The van der Waals surface area contributed by atoms with Gasteiger partial charge in [0.2, 0.25) is 5.91 Å². The summed E-state index contributed by atoms with van der Waals surface area (Å²) in [7, 11) is 0. The lowest BCUT2D eigenvalue weighted by atomic mass is 10.1. The zero-order valence-electron chi connectivity index (χ0n) is 12.6. The van der Waals surface area contributed by atoms with E-state index in [9.17, 15) is 14.3 Å². The number of anilines is 1. The highest BCUT2D eigenvalue weighted by Crippen LogP contribution is 2.24. The molecule has 0 atom stereocenters. The van der Waals surface area contributed by atoms with E-state index in [-0.39, 0.29) is 24.0 Å². The molecule has 1 amide bonds. The number of hydrogen-bond donors (Lipinski definition) is 2. The van der Waals surface area contributed by atoms with Crippen LogP contribution in [0.3, 0.4) is 0 Å². The molecule has 0 aliphatic heterocycles. The Morgan fingerprint density at radius 3 is 2.70 bits per heavy atom. The fourth-order valence-corrected chi connectivity index (χ4v) is 2.35. The fraction of sp³-hybridized carbons (Fsp3) is 0.235. The number of amides is 1. The molecule has 6 heteroatoms. The summed E-state index contributed by atoms with van der Waals surface area (Å²) >= 11 is 5.91. The maximum atomic E-state index is 13.0. The summed E-state index contributed by atoms with van der Waals surface area (Å²) in [5, 5.41) is 12.3. The second-order valence-electron chi connectivity index (χ2n) is 4.87. The summed E-state index contributed by atoms with van der Waals surface area (Å²) in [6.45, 7) is 2.15. The maximum absolute atomic E-state index is 13.0. The fourth-order valence-electron chi connectivity index (χ4n) is 2.12. The lowest BCUT2D eigenvalue weighted by Crippen LogP contribution is -2.15. The second kappa shape index (κ2) is 7.94. The molecule has 0 aromatic heterocycles. The SMILES string of the molecule is CCOc1ccc(NC(=O)Cc2ccc(F)cc2Cl)cc1CO. The summed E-state index contributed by atoms with van der Waals surface area (Å²) < 4.78 is 18.4. The van der Waals surface area contributed by atoms with Crippen molar-refractivity contribution in [2.75, 3.05) is 11.9 Å². The number of ether oxygens (including phenoxy) is 1. The van der Waals surface area contributed by atoms with Crippen LogP contribution in [0.15, 0.2) is 36.4 Å². The van der Waals surface area contributed by atoms with Gasteiger partial charge in [-0.3, -0.25) is 4.79 Å². The largest absolute Gasteiger partial charge is 0.494 e. The number of hydrogen-bond acceptors (Lipinski definition) is 3. The Balaban J connectivity index is 2.07. The minimum absolute atomic E-state index is 0.0286. The van der Waals surface area contributed by atoms with Gasteiger partial charge in [-0.25, -0.2) is 4.39 Å². The Bertz CT molecular complexity index is 706. The van der Waals surface area contributed by atoms with Crippen molar-refractivity contribution in [2.24, 2.45) is 0 Å². The number of halogens is 2. The van der Waals surface area contributed by atoms with Crippen LogP contribution < -0.4 is 10.1 Å². The summed E-state index contributed by atoms with van der Waals surface area (Å²) in [5.41, 5.74) is 1.67. The maximum Gasteiger partial charge on any atom is 0.228 e. The molecule has 0 bridgehead atoms. The molecule has 0 unspecified atom stereocenters. The van der Waals surface area contributed by atoms with Gasteiger partial charge in [-0.1, -0.05) is 17.7 Å². The summed E-state index contributed by atoms with van der Waals surface area (Å²) in [5.74, 6) is -0.153. The minimum atomic E-state index is -0.446. The third-order valence-corrected chi connectivity index (χ3v) is 3.53. The molecule has 23 heavy (non-hydrogen) atoms. The van der Waals surface area contributed by atoms with E-state index in [1.807, 2.05) is 6.92 Å². The molecule has 0 saturated heterocycles. The molecule has 2 aromatic rings. The number of aliphatic hydroxyl groups is 1. The minimum Gasteiger partial charge on any atom is -0.494 e. The quantitative estimate of drug-likeness (QED) is 0.847. The summed E-state index contributed by atoms with van der Waals surface area (Å²) in [6.07, 6.45) is 0.0286. The molecule has 2 aromatic carbocycles. The van der Waals surface area contributed by atoms with E-state index in [2.05, 4.69) is 5.32 Å². The van der Waals surface area contributed by atoms with E-state index in [1.54, 1.807) is 18.2 Å². The average Bonchev–Trinajstić information content (AvgIpc) is 2.52. The highest BCUT2D eigenvalue weighted by Gasteiger charge is 2.10. The van der Waals surface area contributed by atoms with Crippen LogP contribution in [0.2, 0.25) is 5.02 Å². The molecule has 0 radical (unpaired) electrons. The predicted octanol–water partition coefficient (Wildman–Crippen LogP) is 3.55. The van der Waals surface area contributed by atoms with Gasteiger partial charge in [-0.15, -0.1) is 0 Å². The smallest absolute Gasteiger partial charge is 0.228 e. The lowest BCUT2D eigenvalue weighted by molar-refractivity contribution is -0.115. The van der Waals surface area contributed by atoms with E-state index < -0.39 is 5.82 Å². The molecule has 0 saturated carbocycles. The number of carbonyl (C=O) groups excluding carboxylic acids is 1. The van der Waals surface area contributed by atoms with Crippen molar-refractivity contribution in [3.63, 3.8) is 0 Å². The van der Waals surface area contributed by atoms with E-state index >= 15 is 0 Å². The van der Waals surface area contributed by atoms with Gasteiger partial charge in [0.1, 0.15) is 11.6 Å². The van der Waals surface area contributed by atoms with Crippen LogP contribution in [0.25, 0.3) is 0 Å². The summed E-state index contributed by atoms with van der Waals surface area (Å²) in [4.78, 5) is 12.1. The second-order valence-corrected chi connectivity index (χ2v) is 5.28. The molecule has 0 aliphatic rings. The monoisotopic (exact) mass is 337 g/mol. The summed E-state index contributed by atoms with van der Waals surface area (Å²) in [6, 6.07) is 8.94. The van der Waals surface area contributed by atoms with Gasteiger partial charge in [0.05, 0.1) is 19.6 Å². The first kappa shape index (κ1) is 17.2. The van der Waals surface area contributed by atoms with Gasteiger partial charge >= 0.3 is 0 Å². The normalized spacial score (nSPS) is 10.4. The van der Waals surface area contributed by atoms with Crippen LogP contribution >= 0.6 is 11.6 Å². The van der Waals surface area contributed by atoms with Crippen molar-refractivity contribution in [3.8, 4) is 5.75 Å². The Morgan fingerprint density at radius 1 is 1.26 bits per heavy atom. The number of nitrogens with one attached hydrogen (secondary N) is 1. The Hall–Kier alpha value is -2.11. The zero-order valence-corrected chi connectivity index (χ0v) is 13.4. The lowest BCUT2D eigenvalue weighted by Gasteiger charge is -2.11. The molecule has 122 valence electrons. The third-order valence-electron chi connectivity index (χ3n) is 3.18. The van der Waals surface area contributed by atoms with Crippen molar-refractivity contribution in [2.45, 2.75) is 20.0 Å². The first-order chi connectivity index (χ1) is 11.0. The molecular weight excluding hydrogens is 321 g/mol. The Kier molecular flexibility index (Phi) is 5.96. The third kappa shape index (κ3) is 4.68. The van der Waals surface area contributed by atoms with Crippen molar-refractivity contribution < 1.29 is 19.0 Å². The number of aliphatic hydroxyl groups excluding tert-OH is 1. The highest BCUT2D eigenvalue weighted by atomic mass is 35.5. The first-order valence-electron chi connectivity index (χ1n) is 7.13. The standard InChI is InChI=1S/C17H17ClFNO3/c1-2-23-16-6-5-14(7-12(16)10-21)20-17(22)8-11-3-4-13(19)9-15(11)18/h3-7,9,21H,2,8,10H2,1H3,(H,20,22). The Morgan fingerprint density at radius 2 is 2.04 bits per heavy atom. The highest BCUT2D eigenvalue weighted by molar-refractivity contribution is 6.31. The van der Waals surface area contributed by atoms with Gasteiger partial charge in [0.15, 0.2) is 0 Å². The van der Waals surface area contributed by atoms with Crippen LogP contribution in [-0.2, 0) is 17.8 Å². The van der Waals surface area contributed by atoms with Crippen molar-refractivity contribution >= 4 is 23.2 Å².